The summed E-state index contributed by atoms with van der Waals surface area (Å²) in [4.78, 5) is 11.9. The molecule has 1 amide bonds. The fraction of sp³-hybridized carbons (Fsp3) is 0.261. The van der Waals surface area contributed by atoms with Crippen molar-refractivity contribution in [1.82, 2.24) is 5.32 Å². The summed E-state index contributed by atoms with van der Waals surface area (Å²) in [6.07, 6.45) is 2.73. The van der Waals surface area contributed by atoms with Crippen LogP contribution in [0.15, 0.2) is 42.5 Å². The number of hydrogen-bond acceptors (Lipinski definition) is 6. The van der Waals surface area contributed by atoms with Crippen LogP contribution in [-0.4, -0.2) is 44.7 Å². The molecule has 30 heavy (non-hydrogen) atoms. The van der Waals surface area contributed by atoms with Crippen LogP contribution in [0.1, 0.15) is 16.7 Å². The van der Waals surface area contributed by atoms with Crippen molar-refractivity contribution in [2.75, 3.05) is 27.4 Å². The third kappa shape index (κ3) is 5.46. The summed E-state index contributed by atoms with van der Waals surface area (Å²) in [5.41, 5.74) is 2.33. The van der Waals surface area contributed by atoms with Crippen molar-refractivity contribution in [3.8, 4) is 29.1 Å². The second-order valence-electron chi connectivity index (χ2n) is 6.37. The Bertz CT molecular complexity index is 967. The zero-order chi connectivity index (χ0) is 21.3. The van der Waals surface area contributed by atoms with Gasteiger partial charge in [0, 0.05) is 11.6 Å². The zero-order valence-electron chi connectivity index (χ0n) is 16.8. The Kier molecular flexibility index (Phi) is 7.19. The maximum Gasteiger partial charge on any atom is 0.408 e. The fourth-order valence-corrected chi connectivity index (χ4v) is 2.82. The zero-order valence-corrected chi connectivity index (χ0v) is 16.8. The molecule has 0 spiro atoms. The SMILES string of the molecule is COc1cc(COC(=O)NCC#Cc2cccc3c2OC(CO)C=C3)cc(OC)c1. The number of aliphatic hydroxyl groups excluding tert-OH is 1. The van der Waals surface area contributed by atoms with E-state index in [-0.39, 0.29) is 25.9 Å². The number of fused-ring (bicyclic) bond motifs is 1. The molecule has 1 aliphatic rings. The largest absolute Gasteiger partial charge is 0.497 e. The van der Waals surface area contributed by atoms with Crippen molar-refractivity contribution < 1.29 is 28.8 Å². The number of amides is 1. The van der Waals surface area contributed by atoms with E-state index in [0.717, 1.165) is 11.1 Å². The van der Waals surface area contributed by atoms with Gasteiger partial charge in [0.25, 0.3) is 0 Å². The molecule has 0 bridgehead atoms. The van der Waals surface area contributed by atoms with E-state index >= 15 is 0 Å². The summed E-state index contributed by atoms with van der Waals surface area (Å²) in [7, 11) is 3.11. The van der Waals surface area contributed by atoms with E-state index in [0.29, 0.717) is 22.8 Å². The van der Waals surface area contributed by atoms with Crippen molar-refractivity contribution in [3.05, 3.63) is 59.2 Å². The van der Waals surface area contributed by atoms with Crippen molar-refractivity contribution in [2.45, 2.75) is 12.7 Å². The number of methoxy groups -OCH3 is 2. The molecule has 0 saturated carbocycles. The normalized spacial score (nSPS) is 13.9. The Hall–Kier alpha value is -3.63. The molecule has 7 nitrogen and oxygen atoms in total. The predicted molar refractivity (Wildman–Crippen MR) is 112 cm³/mol. The highest BCUT2D eigenvalue weighted by atomic mass is 16.5. The van der Waals surface area contributed by atoms with E-state index in [1.165, 1.54) is 0 Å². The van der Waals surface area contributed by atoms with Gasteiger partial charge in [-0.05, 0) is 29.8 Å². The van der Waals surface area contributed by atoms with Gasteiger partial charge in [0.05, 0.1) is 32.9 Å². The smallest absolute Gasteiger partial charge is 0.408 e. The van der Waals surface area contributed by atoms with Gasteiger partial charge < -0.3 is 29.4 Å². The Morgan fingerprint density at radius 3 is 2.67 bits per heavy atom. The molecule has 0 fully saturated rings. The molecule has 1 unspecified atom stereocenters. The average Bonchev–Trinajstić information content (AvgIpc) is 2.79. The van der Waals surface area contributed by atoms with Gasteiger partial charge in [0.1, 0.15) is 30.0 Å². The Morgan fingerprint density at radius 1 is 1.20 bits per heavy atom. The number of carbonyl (C=O) groups is 1. The second-order valence-corrected chi connectivity index (χ2v) is 6.37. The number of alkyl carbamates (subject to hydrolysis) is 1. The maximum absolute atomic E-state index is 11.9. The lowest BCUT2D eigenvalue weighted by Gasteiger charge is -2.20. The predicted octanol–water partition coefficient (Wildman–Crippen LogP) is 2.75. The van der Waals surface area contributed by atoms with Crippen LogP contribution in [0.3, 0.4) is 0 Å². The molecular formula is C23H23NO6. The van der Waals surface area contributed by atoms with Crippen LogP contribution in [0.4, 0.5) is 4.79 Å². The lowest BCUT2D eigenvalue weighted by molar-refractivity contribution is 0.140. The third-order valence-electron chi connectivity index (χ3n) is 4.31. The standard InChI is InChI=1S/C23H23NO6/c1-27-20-11-16(12-21(13-20)28-2)15-29-23(26)24-10-4-7-17-5-3-6-18-8-9-19(14-25)30-22(17)18/h3,5-6,8-9,11-13,19,25H,10,14-15H2,1-2H3,(H,24,26). The molecule has 2 aromatic rings. The van der Waals surface area contributed by atoms with Crippen LogP contribution in [0.5, 0.6) is 17.2 Å². The minimum absolute atomic E-state index is 0.0712. The molecule has 1 atom stereocenters. The van der Waals surface area contributed by atoms with Crippen molar-refractivity contribution in [1.29, 1.82) is 0 Å². The van der Waals surface area contributed by atoms with Gasteiger partial charge in [-0.3, -0.25) is 0 Å². The minimum atomic E-state index is -0.583. The molecule has 0 saturated heterocycles. The van der Waals surface area contributed by atoms with E-state index < -0.39 is 6.09 Å². The molecular weight excluding hydrogens is 386 g/mol. The number of hydrogen-bond donors (Lipinski definition) is 2. The van der Waals surface area contributed by atoms with Gasteiger partial charge in [-0.15, -0.1) is 0 Å². The fourth-order valence-electron chi connectivity index (χ4n) is 2.82. The summed E-state index contributed by atoms with van der Waals surface area (Å²) in [5, 5.41) is 11.9. The van der Waals surface area contributed by atoms with Crippen LogP contribution >= 0.6 is 0 Å². The molecule has 2 N–H and O–H groups in total. The van der Waals surface area contributed by atoms with Crippen LogP contribution in [0.25, 0.3) is 6.08 Å². The highest BCUT2D eigenvalue weighted by molar-refractivity contribution is 5.68. The molecule has 0 aromatic heterocycles. The van der Waals surface area contributed by atoms with E-state index in [2.05, 4.69) is 17.2 Å². The first kappa shape index (κ1) is 21.1. The number of para-hydroxylation sites is 1. The van der Waals surface area contributed by atoms with Gasteiger partial charge in [0.2, 0.25) is 0 Å². The topological polar surface area (TPSA) is 86.3 Å². The molecule has 1 heterocycles. The number of rotatable bonds is 6. The van der Waals surface area contributed by atoms with Gasteiger partial charge in [0.15, 0.2) is 0 Å². The Balaban J connectivity index is 1.53. The molecule has 0 radical (unpaired) electrons. The van der Waals surface area contributed by atoms with Crippen LogP contribution < -0.4 is 19.5 Å². The summed E-state index contributed by atoms with van der Waals surface area (Å²) in [6, 6.07) is 10.9. The number of ether oxygens (including phenoxy) is 4. The highest BCUT2D eigenvalue weighted by Gasteiger charge is 2.16. The monoisotopic (exact) mass is 409 g/mol. The first-order valence-electron chi connectivity index (χ1n) is 9.33. The first-order valence-corrected chi connectivity index (χ1v) is 9.33. The van der Waals surface area contributed by atoms with E-state index in [1.807, 2.05) is 24.3 Å². The number of carbonyl (C=O) groups excluding carboxylic acids is 1. The van der Waals surface area contributed by atoms with Gasteiger partial charge in [-0.2, -0.15) is 0 Å². The molecule has 3 rings (SSSR count). The summed E-state index contributed by atoms with van der Waals surface area (Å²) >= 11 is 0. The summed E-state index contributed by atoms with van der Waals surface area (Å²) < 4.78 is 21.3. The Labute approximate surface area is 175 Å². The number of aliphatic hydroxyl groups is 1. The molecule has 7 heteroatoms. The van der Waals surface area contributed by atoms with Crippen LogP contribution in [-0.2, 0) is 11.3 Å². The molecule has 1 aliphatic heterocycles. The summed E-state index contributed by atoms with van der Waals surface area (Å²) in [5.74, 6) is 7.72. The molecule has 156 valence electrons. The average molecular weight is 409 g/mol. The Morgan fingerprint density at radius 2 is 1.97 bits per heavy atom. The first-order chi connectivity index (χ1) is 14.6. The molecule has 0 aliphatic carbocycles. The summed E-state index contributed by atoms with van der Waals surface area (Å²) in [6.45, 7) is 0.0786. The van der Waals surface area contributed by atoms with Crippen LogP contribution in [0, 0.1) is 11.8 Å². The lowest BCUT2D eigenvalue weighted by Crippen LogP contribution is -2.24. The van der Waals surface area contributed by atoms with Gasteiger partial charge in [-0.25, -0.2) is 4.79 Å². The quantitative estimate of drug-likeness (QED) is 0.714. The number of nitrogens with one attached hydrogen (secondary N) is 1. The minimum Gasteiger partial charge on any atom is -0.497 e. The second kappa shape index (κ2) is 10.2. The number of benzene rings is 2. The van der Waals surface area contributed by atoms with Crippen molar-refractivity contribution in [3.63, 3.8) is 0 Å². The van der Waals surface area contributed by atoms with E-state index in [1.54, 1.807) is 38.5 Å². The lowest BCUT2D eigenvalue weighted by atomic mass is 10.1. The van der Waals surface area contributed by atoms with E-state index in [9.17, 15) is 9.90 Å². The van der Waals surface area contributed by atoms with Gasteiger partial charge >= 0.3 is 6.09 Å². The van der Waals surface area contributed by atoms with E-state index in [4.69, 9.17) is 18.9 Å². The maximum atomic E-state index is 11.9. The third-order valence-corrected chi connectivity index (χ3v) is 4.31. The highest BCUT2D eigenvalue weighted by Crippen LogP contribution is 2.29. The van der Waals surface area contributed by atoms with Crippen LogP contribution in [0.2, 0.25) is 0 Å². The van der Waals surface area contributed by atoms with Crippen molar-refractivity contribution >= 4 is 12.2 Å². The molecule has 2 aromatic carbocycles. The van der Waals surface area contributed by atoms with Gasteiger partial charge in [-0.1, -0.05) is 30.0 Å². The van der Waals surface area contributed by atoms with Crippen molar-refractivity contribution in [2.24, 2.45) is 0 Å².